The van der Waals surface area contributed by atoms with Crippen LogP contribution >= 0.6 is 15.9 Å². The zero-order valence-electron chi connectivity index (χ0n) is 4.39. The summed E-state index contributed by atoms with van der Waals surface area (Å²) in [6.07, 6.45) is 1.91. The minimum atomic E-state index is 0.400. The Morgan fingerprint density at radius 3 is 3.00 bits per heavy atom. The molecule has 0 fully saturated rings. The monoisotopic (exact) mass is 178 g/mol. The van der Waals surface area contributed by atoms with Crippen molar-refractivity contribution in [1.82, 2.24) is 0 Å². The summed E-state index contributed by atoms with van der Waals surface area (Å²) >= 11 is 3.26. The van der Waals surface area contributed by atoms with E-state index in [2.05, 4.69) is 15.9 Å². The van der Waals surface area contributed by atoms with Crippen molar-refractivity contribution in [2.45, 2.75) is 0 Å². The minimum Gasteiger partial charge on any atom is -0.471 e. The number of hydrogen-bond acceptors (Lipinski definition) is 2. The second kappa shape index (κ2) is 3.10. The van der Waals surface area contributed by atoms with E-state index in [4.69, 9.17) is 9.47 Å². The Hall–Kier alpha value is -0.0200. The van der Waals surface area contributed by atoms with Crippen LogP contribution < -0.4 is 0 Å². The molecule has 3 heteroatoms. The molecule has 0 aliphatic carbocycles. The van der Waals surface area contributed by atoms with Gasteiger partial charge in [0, 0.05) is 0 Å². The first kappa shape index (κ1) is 6.11. The second-order valence-corrected chi connectivity index (χ2v) is 2.00. The Labute approximate surface area is 56.6 Å². The maximum atomic E-state index is 5.02. The fraction of sp³-hybridized carbons (Fsp3) is 0.600. The lowest BCUT2D eigenvalue weighted by Gasteiger charge is -2.12. The third kappa shape index (κ3) is 1.49. The highest BCUT2D eigenvalue weighted by Crippen LogP contribution is 2.05. The predicted octanol–water partition coefficient (Wildman–Crippen LogP) is 1.27. The van der Waals surface area contributed by atoms with Crippen molar-refractivity contribution in [2.24, 2.45) is 0 Å². The smallest absolute Gasteiger partial charge is 0.188 e. The molecule has 0 amide bonds. The van der Waals surface area contributed by atoms with Crippen molar-refractivity contribution >= 4 is 15.9 Å². The summed E-state index contributed by atoms with van der Waals surface area (Å²) in [7, 11) is 0. The molecule has 0 spiro atoms. The fourth-order valence-corrected chi connectivity index (χ4v) is 0.860. The molecule has 1 rings (SSSR count). The van der Waals surface area contributed by atoms with Crippen LogP contribution in [-0.2, 0) is 9.47 Å². The molecule has 0 atom stereocenters. The van der Waals surface area contributed by atoms with Crippen molar-refractivity contribution in [3.05, 3.63) is 11.8 Å². The number of hydrogen-bond donors (Lipinski definition) is 0. The molecule has 2 nitrogen and oxygen atoms in total. The molecular weight excluding hydrogens is 172 g/mol. The first-order chi connectivity index (χ1) is 3.93. The van der Waals surface area contributed by atoms with Gasteiger partial charge in [0.1, 0.15) is 5.76 Å². The van der Waals surface area contributed by atoms with E-state index in [9.17, 15) is 0 Å². The second-order valence-electron chi connectivity index (χ2n) is 1.44. The van der Waals surface area contributed by atoms with Gasteiger partial charge in [0.05, 0.1) is 11.9 Å². The van der Waals surface area contributed by atoms with Gasteiger partial charge in [0.25, 0.3) is 0 Å². The van der Waals surface area contributed by atoms with E-state index < -0.39 is 0 Å². The van der Waals surface area contributed by atoms with Gasteiger partial charge in [-0.1, -0.05) is 15.9 Å². The van der Waals surface area contributed by atoms with Crippen molar-refractivity contribution in [1.29, 1.82) is 0 Å². The number of rotatable bonds is 1. The molecule has 8 heavy (non-hydrogen) atoms. The van der Waals surface area contributed by atoms with Crippen LogP contribution in [0, 0.1) is 0 Å². The van der Waals surface area contributed by atoms with E-state index in [1.807, 2.05) is 6.08 Å². The van der Waals surface area contributed by atoms with Crippen LogP contribution in [-0.4, -0.2) is 18.7 Å². The van der Waals surface area contributed by atoms with Crippen molar-refractivity contribution in [3.8, 4) is 0 Å². The third-order valence-corrected chi connectivity index (χ3v) is 1.44. The lowest BCUT2D eigenvalue weighted by molar-refractivity contribution is -0.0282. The largest absolute Gasteiger partial charge is 0.471 e. The van der Waals surface area contributed by atoms with Gasteiger partial charge in [-0.3, -0.25) is 0 Å². The topological polar surface area (TPSA) is 18.5 Å². The van der Waals surface area contributed by atoms with Crippen molar-refractivity contribution in [2.75, 3.05) is 18.7 Å². The van der Waals surface area contributed by atoms with Crippen LogP contribution in [0.3, 0.4) is 0 Å². The molecule has 1 aliphatic heterocycles. The van der Waals surface area contributed by atoms with Crippen LogP contribution in [0.1, 0.15) is 0 Å². The van der Waals surface area contributed by atoms with E-state index >= 15 is 0 Å². The molecule has 0 N–H and O–H groups in total. The van der Waals surface area contributed by atoms with Crippen molar-refractivity contribution in [3.63, 3.8) is 0 Å². The van der Waals surface area contributed by atoms with Gasteiger partial charge < -0.3 is 9.47 Å². The van der Waals surface area contributed by atoms with E-state index in [-0.39, 0.29) is 0 Å². The summed E-state index contributed by atoms with van der Waals surface area (Å²) in [4.78, 5) is 0. The summed E-state index contributed by atoms with van der Waals surface area (Å²) in [5.74, 6) is 0.969. The quantitative estimate of drug-likeness (QED) is 0.564. The van der Waals surface area contributed by atoms with Crippen LogP contribution in [0.4, 0.5) is 0 Å². The Morgan fingerprint density at radius 2 is 2.62 bits per heavy atom. The molecule has 0 aromatic carbocycles. The van der Waals surface area contributed by atoms with Gasteiger partial charge in [-0.05, 0) is 6.08 Å². The average molecular weight is 179 g/mol. The maximum Gasteiger partial charge on any atom is 0.188 e. The van der Waals surface area contributed by atoms with E-state index in [1.165, 1.54) is 0 Å². The third-order valence-electron chi connectivity index (χ3n) is 0.888. The van der Waals surface area contributed by atoms with Gasteiger partial charge in [0.2, 0.25) is 0 Å². The molecule has 0 saturated heterocycles. The molecule has 1 aliphatic rings. The lowest BCUT2D eigenvalue weighted by atomic mass is 10.5. The molecule has 0 bridgehead atoms. The predicted molar refractivity (Wildman–Crippen MR) is 33.8 cm³/mol. The van der Waals surface area contributed by atoms with Gasteiger partial charge in [-0.15, -0.1) is 0 Å². The normalized spacial score (nSPS) is 19.4. The van der Waals surface area contributed by atoms with Crippen LogP contribution in [0.5, 0.6) is 0 Å². The molecule has 0 radical (unpaired) electrons. The Kier molecular flexibility index (Phi) is 2.36. The first-order valence-electron chi connectivity index (χ1n) is 2.39. The molecule has 1 heterocycles. The van der Waals surface area contributed by atoms with E-state index in [0.29, 0.717) is 13.4 Å². The molecule has 0 unspecified atom stereocenters. The molecular formula is C5H7BrO2. The van der Waals surface area contributed by atoms with Gasteiger partial charge in [0.15, 0.2) is 6.79 Å². The van der Waals surface area contributed by atoms with Crippen LogP contribution in [0.2, 0.25) is 0 Å². The van der Waals surface area contributed by atoms with Gasteiger partial charge >= 0.3 is 0 Å². The van der Waals surface area contributed by atoms with E-state index in [1.54, 1.807) is 0 Å². The summed E-state index contributed by atoms with van der Waals surface area (Å²) in [6.45, 7) is 1.08. The molecule has 0 aromatic heterocycles. The summed E-state index contributed by atoms with van der Waals surface area (Å²) in [5.41, 5.74) is 0. The van der Waals surface area contributed by atoms with Crippen LogP contribution in [0.25, 0.3) is 0 Å². The summed E-state index contributed by atoms with van der Waals surface area (Å²) in [6, 6.07) is 0. The molecule has 0 aromatic rings. The Bertz CT molecular complexity index is 101. The molecule has 0 saturated carbocycles. The summed E-state index contributed by atoms with van der Waals surface area (Å²) in [5, 5.41) is 0.788. The SMILES string of the molecule is BrCC1=CCOCO1. The highest BCUT2D eigenvalue weighted by Gasteiger charge is 1.99. The van der Waals surface area contributed by atoms with E-state index in [0.717, 1.165) is 11.1 Å². The van der Waals surface area contributed by atoms with Crippen molar-refractivity contribution < 1.29 is 9.47 Å². The number of allylic oxidation sites excluding steroid dienone is 1. The fourth-order valence-electron chi connectivity index (χ4n) is 0.469. The lowest BCUT2D eigenvalue weighted by Crippen LogP contribution is -2.07. The highest BCUT2D eigenvalue weighted by molar-refractivity contribution is 9.09. The zero-order valence-corrected chi connectivity index (χ0v) is 5.98. The van der Waals surface area contributed by atoms with Crippen LogP contribution in [0.15, 0.2) is 11.8 Å². The minimum absolute atomic E-state index is 0.400. The standard InChI is InChI=1S/C5H7BrO2/c6-3-5-1-2-7-4-8-5/h1H,2-4H2. The van der Waals surface area contributed by atoms with Gasteiger partial charge in [-0.2, -0.15) is 0 Å². The highest BCUT2D eigenvalue weighted by atomic mass is 79.9. The Balaban J connectivity index is 2.37. The first-order valence-corrected chi connectivity index (χ1v) is 3.51. The van der Waals surface area contributed by atoms with Gasteiger partial charge in [-0.25, -0.2) is 0 Å². The maximum absolute atomic E-state index is 5.02. The number of ether oxygens (including phenoxy) is 2. The average Bonchev–Trinajstić information content (AvgIpc) is 1.90. The molecule has 46 valence electrons. The number of alkyl halides is 1. The number of halogens is 1. The summed E-state index contributed by atoms with van der Waals surface area (Å²) < 4.78 is 9.90. The Morgan fingerprint density at radius 1 is 1.75 bits per heavy atom. The zero-order chi connectivity index (χ0) is 5.82.